The van der Waals surface area contributed by atoms with E-state index in [2.05, 4.69) is 46.8 Å². The Morgan fingerprint density at radius 1 is 1.28 bits per heavy atom. The van der Waals surface area contributed by atoms with Crippen molar-refractivity contribution in [2.75, 3.05) is 43.8 Å². The maximum Gasteiger partial charge on any atom is 0.234 e. The number of hydrogen-bond donors (Lipinski definition) is 1. The van der Waals surface area contributed by atoms with Crippen molar-refractivity contribution in [2.45, 2.75) is 37.1 Å². The summed E-state index contributed by atoms with van der Waals surface area (Å²) in [5, 5.41) is 2.95. The first-order chi connectivity index (χ1) is 12.2. The van der Waals surface area contributed by atoms with E-state index in [0.717, 1.165) is 31.9 Å². The van der Waals surface area contributed by atoms with Crippen molar-refractivity contribution >= 4 is 23.4 Å². The number of anilines is 1. The average molecular weight is 360 g/mol. The number of nitrogens with zero attached hydrogens (tertiary/aromatic N) is 2. The number of amides is 1. The second kappa shape index (κ2) is 8.88. The molecule has 0 spiro atoms. The number of thioether (sulfide) groups is 1. The monoisotopic (exact) mass is 359 g/mol. The zero-order valence-electron chi connectivity index (χ0n) is 15.2. The van der Waals surface area contributed by atoms with E-state index in [4.69, 9.17) is 0 Å². The summed E-state index contributed by atoms with van der Waals surface area (Å²) in [5.41, 5.74) is 2.21. The second-order valence-corrected chi connectivity index (χ2v) is 7.87. The van der Waals surface area contributed by atoms with Crippen molar-refractivity contribution in [3.8, 4) is 0 Å². The average Bonchev–Trinajstić information content (AvgIpc) is 2.64. The number of benzene rings is 1. The Bertz CT molecular complexity index is 611. The van der Waals surface area contributed by atoms with Gasteiger partial charge in [0.2, 0.25) is 5.91 Å². The highest BCUT2D eigenvalue weighted by Crippen LogP contribution is 2.35. The van der Waals surface area contributed by atoms with Crippen LogP contribution in [-0.4, -0.2) is 54.2 Å². The van der Waals surface area contributed by atoms with Crippen LogP contribution in [0.2, 0.25) is 0 Å². The number of hydrogen-bond acceptors (Lipinski definition) is 4. The molecule has 1 unspecified atom stereocenters. The summed E-state index contributed by atoms with van der Waals surface area (Å²) in [4.78, 5) is 17.8. The molecule has 3 rings (SSSR count). The molecule has 0 saturated carbocycles. The number of unbranched alkanes of at least 4 members (excludes halogenated alkanes) is 2. The van der Waals surface area contributed by atoms with Crippen molar-refractivity contribution in [3.05, 3.63) is 36.4 Å². The van der Waals surface area contributed by atoms with Crippen molar-refractivity contribution in [2.24, 2.45) is 0 Å². The molecule has 1 fully saturated rings. The lowest BCUT2D eigenvalue weighted by Crippen LogP contribution is -2.47. The molecule has 1 aromatic carbocycles. The Labute approximate surface area is 155 Å². The Morgan fingerprint density at radius 3 is 2.80 bits per heavy atom. The first kappa shape index (κ1) is 18.5. The van der Waals surface area contributed by atoms with Gasteiger partial charge in [-0.1, -0.05) is 31.9 Å². The van der Waals surface area contributed by atoms with Crippen molar-refractivity contribution in [1.29, 1.82) is 0 Å². The Morgan fingerprint density at radius 2 is 2.08 bits per heavy atom. The topological polar surface area (TPSA) is 35.6 Å². The fourth-order valence-electron chi connectivity index (χ4n) is 3.62. The molecule has 1 saturated heterocycles. The van der Waals surface area contributed by atoms with Crippen LogP contribution in [0.15, 0.2) is 35.7 Å². The van der Waals surface area contributed by atoms with E-state index < -0.39 is 0 Å². The summed E-state index contributed by atoms with van der Waals surface area (Å²) in [6.45, 7) is 12.0. The van der Waals surface area contributed by atoms with Gasteiger partial charge in [0.15, 0.2) is 0 Å². The molecule has 0 aliphatic carbocycles. The number of carbonyl (C=O) groups excluding carboxylic acids is 1. The molecule has 1 aromatic rings. The third-order valence-electron chi connectivity index (χ3n) is 5.08. The maximum absolute atomic E-state index is 11.5. The summed E-state index contributed by atoms with van der Waals surface area (Å²) in [6, 6.07) is 6.64. The highest BCUT2D eigenvalue weighted by atomic mass is 32.2. The highest BCUT2D eigenvalue weighted by molar-refractivity contribution is 8.00. The van der Waals surface area contributed by atoms with E-state index in [1.165, 1.54) is 36.3 Å². The quantitative estimate of drug-likeness (QED) is 0.594. The van der Waals surface area contributed by atoms with E-state index >= 15 is 0 Å². The first-order valence-corrected chi connectivity index (χ1v) is 10.4. The lowest BCUT2D eigenvalue weighted by atomic mass is 10.0. The number of carbonyl (C=O) groups is 1. The Hall–Kier alpha value is -1.30. The molecule has 5 heteroatoms. The van der Waals surface area contributed by atoms with Gasteiger partial charge >= 0.3 is 0 Å². The predicted octanol–water partition coefficient (Wildman–Crippen LogP) is 3.77. The molecule has 136 valence electrons. The van der Waals surface area contributed by atoms with Crippen LogP contribution in [-0.2, 0) is 4.79 Å². The van der Waals surface area contributed by atoms with Crippen LogP contribution < -0.4 is 5.32 Å². The molecule has 2 aliphatic rings. The van der Waals surface area contributed by atoms with Crippen molar-refractivity contribution in [1.82, 2.24) is 9.80 Å². The summed E-state index contributed by atoms with van der Waals surface area (Å²) in [7, 11) is 0. The van der Waals surface area contributed by atoms with Crippen molar-refractivity contribution in [3.63, 3.8) is 0 Å². The lowest BCUT2D eigenvalue weighted by molar-refractivity contribution is -0.113. The fourth-order valence-corrected chi connectivity index (χ4v) is 4.47. The number of fused-ring (bicyclic) bond motifs is 1. The van der Waals surface area contributed by atoms with E-state index in [9.17, 15) is 4.79 Å². The SMILES string of the molecule is C=CC(c1ccc2c(c1)SCC(=O)N2)N1CCN(CCCCC)CC1. The summed E-state index contributed by atoms with van der Waals surface area (Å²) < 4.78 is 0. The number of rotatable bonds is 7. The van der Waals surface area contributed by atoms with Gasteiger partial charge in [0.1, 0.15) is 0 Å². The molecule has 25 heavy (non-hydrogen) atoms. The van der Waals surface area contributed by atoms with E-state index in [0.29, 0.717) is 5.75 Å². The van der Waals surface area contributed by atoms with Gasteiger partial charge in [-0.15, -0.1) is 18.3 Å². The minimum Gasteiger partial charge on any atom is -0.324 e. The third kappa shape index (κ3) is 4.66. The Kier molecular flexibility index (Phi) is 6.57. The Balaban J connectivity index is 1.61. The van der Waals surface area contributed by atoms with E-state index in [1.807, 2.05) is 6.07 Å². The third-order valence-corrected chi connectivity index (χ3v) is 6.14. The van der Waals surface area contributed by atoms with Gasteiger partial charge in [-0.2, -0.15) is 0 Å². The van der Waals surface area contributed by atoms with Gasteiger partial charge < -0.3 is 10.2 Å². The zero-order chi connectivity index (χ0) is 17.6. The van der Waals surface area contributed by atoms with E-state index in [-0.39, 0.29) is 11.9 Å². The smallest absolute Gasteiger partial charge is 0.234 e. The maximum atomic E-state index is 11.5. The summed E-state index contributed by atoms with van der Waals surface area (Å²) >= 11 is 1.62. The largest absolute Gasteiger partial charge is 0.324 e. The molecule has 1 N–H and O–H groups in total. The van der Waals surface area contributed by atoms with Crippen LogP contribution in [0, 0.1) is 0 Å². The molecule has 4 nitrogen and oxygen atoms in total. The van der Waals surface area contributed by atoms with Gasteiger partial charge in [0.05, 0.1) is 17.5 Å². The van der Waals surface area contributed by atoms with Gasteiger partial charge in [-0.05, 0) is 30.7 Å². The first-order valence-electron chi connectivity index (χ1n) is 9.37. The highest BCUT2D eigenvalue weighted by Gasteiger charge is 2.24. The van der Waals surface area contributed by atoms with Crippen LogP contribution in [0.4, 0.5) is 5.69 Å². The predicted molar refractivity (Wildman–Crippen MR) is 106 cm³/mol. The molecule has 1 amide bonds. The molecule has 0 aromatic heterocycles. The van der Waals surface area contributed by atoms with Gasteiger partial charge in [0, 0.05) is 31.1 Å². The number of nitrogens with one attached hydrogen (secondary N) is 1. The molecule has 0 radical (unpaired) electrons. The summed E-state index contributed by atoms with van der Waals surface area (Å²) in [6.07, 6.45) is 5.99. The molecule has 2 heterocycles. The van der Waals surface area contributed by atoms with Gasteiger partial charge in [-0.25, -0.2) is 0 Å². The van der Waals surface area contributed by atoms with Crippen molar-refractivity contribution < 1.29 is 4.79 Å². The molecule has 0 bridgehead atoms. The molecule has 1 atom stereocenters. The van der Waals surface area contributed by atoms with Gasteiger partial charge in [0.25, 0.3) is 0 Å². The lowest BCUT2D eigenvalue weighted by Gasteiger charge is -2.38. The normalized spacial score (nSPS) is 20.0. The molecular weight excluding hydrogens is 330 g/mol. The molecular formula is C20H29N3OS. The zero-order valence-corrected chi connectivity index (χ0v) is 16.0. The van der Waals surface area contributed by atoms with Crippen LogP contribution >= 0.6 is 11.8 Å². The second-order valence-electron chi connectivity index (χ2n) is 6.86. The molecule has 2 aliphatic heterocycles. The fraction of sp³-hybridized carbons (Fsp3) is 0.550. The van der Waals surface area contributed by atoms with Crippen LogP contribution in [0.25, 0.3) is 0 Å². The number of piperazine rings is 1. The van der Waals surface area contributed by atoms with Crippen LogP contribution in [0.5, 0.6) is 0 Å². The van der Waals surface area contributed by atoms with Crippen LogP contribution in [0.3, 0.4) is 0 Å². The summed E-state index contributed by atoms with van der Waals surface area (Å²) in [5.74, 6) is 0.593. The minimum absolute atomic E-state index is 0.0877. The standard InChI is InChI=1S/C20H29N3OS/c1-3-5-6-9-22-10-12-23(13-11-22)18(4-2)16-7-8-17-19(14-16)25-15-20(24)21-17/h4,7-8,14,18H,2-3,5-6,9-13,15H2,1H3,(H,21,24). The van der Waals surface area contributed by atoms with Gasteiger partial charge in [-0.3, -0.25) is 9.69 Å². The minimum atomic E-state index is 0.0877. The van der Waals surface area contributed by atoms with E-state index in [1.54, 1.807) is 11.8 Å². The van der Waals surface area contributed by atoms with Crippen LogP contribution in [0.1, 0.15) is 37.8 Å².